The van der Waals surface area contributed by atoms with E-state index < -0.39 is 0 Å². The Balaban J connectivity index is 2.01. The lowest BCUT2D eigenvalue weighted by Crippen LogP contribution is -2.25. The lowest BCUT2D eigenvalue weighted by molar-refractivity contribution is 0.414. The summed E-state index contributed by atoms with van der Waals surface area (Å²) in [5.74, 6) is 0.743. The zero-order valence-electron chi connectivity index (χ0n) is 13.0. The molecule has 0 bridgehead atoms. The minimum atomic E-state index is 0.201. The highest BCUT2D eigenvalue weighted by molar-refractivity contribution is 5.38. The molecule has 21 heavy (non-hydrogen) atoms. The standard InChI is InChI=1S/C19H24N2/c1-3-20-19(18-13-14(2)11-12-21-18)17-10-5-4-9-16(17)15-7-6-8-15/h4-5,9-13,15,19-20H,3,6-8H2,1-2H3. The molecule has 1 atom stereocenters. The van der Waals surface area contributed by atoms with E-state index in [0.29, 0.717) is 0 Å². The summed E-state index contributed by atoms with van der Waals surface area (Å²) < 4.78 is 0. The van der Waals surface area contributed by atoms with Crippen LogP contribution >= 0.6 is 0 Å². The monoisotopic (exact) mass is 280 g/mol. The van der Waals surface area contributed by atoms with Crippen LogP contribution in [0.2, 0.25) is 0 Å². The second-order valence-electron chi connectivity index (χ2n) is 6.01. The number of benzene rings is 1. The first kappa shape index (κ1) is 14.3. The Bertz CT molecular complexity index is 602. The first-order valence-electron chi connectivity index (χ1n) is 8.04. The number of nitrogens with zero attached hydrogens (tertiary/aromatic N) is 1. The molecule has 0 aliphatic heterocycles. The van der Waals surface area contributed by atoms with Gasteiger partial charge in [0.05, 0.1) is 11.7 Å². The second kappa shape index (κ2) is 6.40. The third kappa shape index (κ3) is 3.01. The molecule has 1 aromatic carbocycles. The summed E-state index contributed by atoms with van der Waals surface area (Å²) >= 11 is 0. The van der Waals surface area contributed by atoms with Crippen molar-refractivity contribution >= 4 is 0 Å². The summed E-state index contributed by atoms with van der Waals surface area (Å²) in [5.41, 5.74) is 5.31. The predicted octanol–water partition coefficient (Wildman–Crippen LogP) is 4.36. The Hall–Kier alpha value is -1.67. The van der Waals surface area contributed by atoms with Gasteiger partial charge >= 0.3 is 0 Å². The maximum Gasteiger partial charge on any atom is 0.0754 e. The van der Waals surface area contributed by atoms with Crippen molar-refractivity contribution < 1.29 is 0 Å². The first-order valence-corrected chi connectivity index (χ1v) is 8.04. The topological polar surface area (TPSA) is 24.9 Å². The maximum atomic E-state index is 4.62. The van der Waals surface area contributed by atoms with E-state index in [4.69, 9.17) is 0 Å². The van der Waals surface area contributed by atoms with Crippen LogP contribution in [0, 0.1) is 6.92 Å². The predicted molar refractivity (Wildman–Crippen MR) is 87.5 cm³/mol. The van der Waals surface area contributed by atoms with E-state index in [1.165, 1.54) is 36.0 Å². The third-order valence-corrected chi connectivity index (χ3v) is 4.49. The van der Waals surface area contributed by atoms with Crippen LogP contribution in [0.5, 0.6) is 0 Å². The molecule has 0 amide bonds. The van der Waals surface area contributed by atoms with Crippen LogP contribution in [0.1, 0.15) is 60.5 Å². The molecule has 0 saturated heterocycles. The van der Waals surface area contributed by atoms with Gasteiger partial charge in [0, 0.05) is 6.20 Å². The summed E-state index contributed by atoms with van der Waals surface area (Å²) in [7, 11) is 0. The van der Waals surface area contributed by atoms with Gasteiger partial charge in [0.2, 0.25) is 0 Å². The molecule has 3 rings (SSSR count). The Morgan fingerprint density at radius 1 is 1.24 bits per heavy atom. The highest BCUT2D eigenvalue weighted by Crippen LogP contribution is 2.40. The average Bonchev–Trinajstić information content (AvgIpc) is 2.44. The molecule has 1 aromatic heterocycles. The van der Waals surface area contributed by atoms with Gasteiger partial charge in [-0.1, -0.05) is 37.6 Å². The van der Waals surface area contributed by atoms with Crippen molar-refractivity contribution in [2.75, 3.05) is 6.54 Å². The van der Waals surface area contributed by atoms with Gasteiger partial charge in [-0.05, 0) is 61.1 Å². The normalized spacial score (nSPS) is 16.5. The molecule has 0 spiro atoms. The van der Waals surface area contributed by atoms with Gasteiger partial charge < -0.3 is 5.32 Å². The van der Waals surface area contributed by atoms with Crippen LogP contribution in [0.15, 0.2) is 42.6 Å². The molecule has 1 N–H and O–H groups in total. The zero-order valence-corrected chi connectivity index (χ0v) is 13.0. The maximum absolute atomic E-state index is 4.62. The largest absolute Gasteiger partial charge is 0.305 e. The quantitative estimate of drug-likeness (QED) is 0.880. The van der Waals surface area contributed by atoms with Crippen LogP contribution in [0.3, 0.4) is 0 Å². The lowest BCUT2D eigenvalue weighted by atomic mass is 9.77. The number of rotatable bonds is 5. The van der Waals surface area contributed by atoms with Crippen molar-refractivity contribution in [1.29, 1.82) is 0 Å². The van der Waals surface area contributed by atoms with Gasteiger partial charge in [0.25, 0.3) is 0 Å². The fraction of sp³-hybridized carbons (Fsp3) is 0.421. The third-order valence-electron chi connectivity index (χ3n) is 4.49. The minimum Gasteiger partial charge on any atom is -0.305 e. The molecule has 1 aliphatic carbocycles. The summed E-state index contributed by atoms with van der Waals surface area (Å²) in [5, 5.41) is 3.62. The molecule has 1 aliphatic rings. The van der Waals surface area contributed by atoms with Gasteiger partial charge in [-0.15, -0.1) is 0 Å². The molecule has 110 valence electrons. The summed E-state index contributed by atoms with van der Waals surface area (Å²) in [4.78, 5) is 4.62. The average molecular weight is 280 g/mol. The molecule has 1 unspecified atom stereocenters. The molecule has 2 heteroatoms. The number of hydrogen-bond donors (Lipinski definition) is 1. The number of nitrogens with one attached hydrogen (secondary N) is 1. The molecular weight excluding hydrogens is 256 g/mol. The SMILES string of the molecule is CCNC(c1cc(C)ccn1)c1ccccc1C1CCC1. The number of pyridine rings is 1. The van der Waals surface area contributed by atoms with Gasteiger partial charge in [-0.2, -0.15) is 0 Å². The smallest absolute Gasteiger partial charge is 0.0754 e. The van der Waals surface area contributed by atoms with E-state index in [0.717, 1.165) is 18.2 Å². The van der Waals surface area contributed by atoms with E-state index in [-0.39, 0.29) is 6.04 Å². The minimum absolute atomic E-state index is 0.201. The van der Waals surface area contributed by atoms with Crippen molar-refractivity contribution in [2.45, 2.75) is 45.1 Å². The van der Waals surface area contributed by atoms with E-state index >= 15 is 0 Å². The lowest BCUT2D eigenvalue weighted by Gasteiger charge is -2.30. The molecule has 0 radical (unpaired) electrons. The number of hydrogen-bond acceptors (Lipinski definition) is 2. The van der Waals surface area contributed by atoms with Crippen molar-refractivity contribution in [2.24, 2.45) is 0 Å². The van der Waals surface area contributed by atoms with Crippen LogP contribution in [0.4, 0.5) is 0 Å². The van der Waals surface area contributed by atoms with Gasteiger partial charge in [0.1, 0.15) is 0 Å². The van der Waals surface area contributed by atoms with Crippen molar-refractivity contribution in [1.82, 2.24) is 10.3 Å². The van der Waals surface area contributed by atoms with Crippen LogP contribution in [-0.2, 0) is 0 Å². The van der Waals surface area contributed by atoms with E-state index in [1.54, 1.807) is 0 Å². The van der Waals surface area contributed by atoms with Gasteiger partial charge in [-0.25, -0.2) is 0 Å². The Kier molecular flexibility index (Phi) is 4.35. The molecule has 1 saturated carbocycles. The first-order chi connectivity index (χ1) is 10.3. The molecule has 1 fully saturated rings. The Labute approximate surface area is 127 Å². The summed E-state index contributed by atoms with van der Waals surface area (Å²) in [6, 6.07) is 13.4. The highest BCUT2D eigenvalue weighted by atomic mass is 14.9. The van der Waals surface area contributed by atoms with E-state index in [1.807, 2.05) is 6.20 Å². The Morgan fingerprint density at radius 2 is 2.05 bits per heavy atom. The summed E-state index contributed by atoms with van der Waals surface area (Å²) in [6.45, 7) is 5.24. The molecular formula is C19H24N2. The van der Waals surface area contributed by atoms with Crippen LogP contribution in [-0.4, -0.2) is 11.5 Å². The van der Waals surface area contributed by atoms with Crippen LogP contribution < -0.4 is 5.32 Å². The molecule has 1 heterocycles. The van der Waals surface area contributed by atoms with E-state index in [9.17, 15) is 0 Å². The summed E-state index contributed by atoms with van der Waals surface area (Å²) in [6.07, 6.45) is 5.95. The zero-order chi connectivity index (χ0) is 14.7. The molecule has 2 aromatic rings. The van der Waals surface area contributed by atoms with E-state index in [2.05, 4.69) is 60.5 Å². The second-order valence-corrected chi connectivity index (χ2v) is 6.01. The van der Waals surface area contributed by atoms with Crippen LogP contribution in [0.25, 0.3) is 0 Å². The molecule has 2 nitrogen and oxygen atoms in total. The van der Waals surface area contributed by atoms with Crippen molar-refractivity contribution in [3.8, 4) is 0 Å². The fourth-order valence-electron chi connectivity index (χ4n) is 3.16. The van der Waals surface area contributed by atoms with Crippen molar-refractivity contribution in [3.63, 3.8) is 0 Å². The van der Waals surface area contributed by atoms with Gasteiger partial charge in [-0.3, -0.25) is 4.98 Å². The number of aromatic nitrogens is 1. The Morgan fingerprint density at radius 3 is 2.71 bits per heavy atom. The van der Waals surface area contributed by atoms with Gasteiger partial charge in [0.15, 0.2) is 0 Å². The van der Waals surface area contributed by atoms with Crippen molar-refractivity contribution in [3.05, 3.63) is 65.0 Å². The highest BCUT2D eigenvalue weighted by Gasteiger charge is 2.25. The number of aryl methyl sites for hydroxylation is 1. The fourth-order valence-corrected chi connectivity index (χ4v) is 3.16.